The normalized spacial score (nSPS) is 11.0. The molecule has 0 spiro atoms. The minimum absolute atomic E-state index is 0.316. The van der Waals surface area contributed by atoms with Crippen molar-refractivity contribution in [3.8, 4) is 0 Å². The highest BCUT2D eigenvalue weighted by molar-refractivity contribution is 7.99. The first kappa shape index (κ1) is 21.3. The summed E-state index contributed by atoms with van der Waals surface area (Å²) in [5.74, 6) is -1.10. The van der Waals surface area contributed by atoms with Gasteiger partial charge < -0.3 is 5.32 Å². The third-order valence-corrected chi connectivity index (χ3v) is 5.62. The van der Waals surface area contributed by atoms with Crippen LogP contribution in [0.25, 0.3) is 23.1 Å². The Labute approximate surface area is 187 Å². The number of benzene rings is 2. The molecule has 0 atom stereocenters. The fourth-order valence-electron chi connectivity index (χ4n) is 3.01. The van der Waals surface area contributed by atoms with Gasteiger partial charge in [0, 0.05) is 21.4 Å². The van der Waals surface area contributed by atoms with Crippen LogP contribution in [0.4, 0.5) is 0 Å². The molecule has 0 radical (unpaired) electrons. The van der Waals surface area contributed by atoms with Crippen LogP contribution in [0.1, 0.15) is 21.7 Å². The molecule has 0 bridgehead atoms. The predicted octanol–water partition coefficient (Wildman–Crippen LogP) is 3.51. The van der Waals surface area contributed by atoms with Crippen molar-refractivity contribution in [2.24, 2.45) is 0 Å². The molecule has 2 aromatic carbocycles. The number of amides is 2. The average Bonchev–Trinajstić information content (AvgIpc) is 3.24. The maximum atomic E-state index is 12.5. The number of rotatable bonds is 7. The standard InChI is InChI=1S/C23H19N5O3S/c29-22(28-31)14-25-23(30)18-6-1-2-7-21(18)32-16-9-10-17-19(26-27-20(17)13-16)11-8-15-5-3-4-12-24-15/h1-13,31H,14H2,(H,25,30)(H,26,27)(H,28,29)/b11-8+. The van der Waals surface area contributed by atoms with Gasteiger partial charge >= 0.3 is 0 Å². The number of aromatic amines is 1. The van der Waals surface area contributed by atoms with Gasteiger partial charge in [-0.3, -0.25) is 24.9 Å². The van der Waals surface area contributed by atoms with E-state index in [9.17, 15) is 9.59 Å². The molecule has 4 aromatic rings. The third kappa shape index (κ3) is 5.02. The van der Waals surface area contributed by atoms with Crippen LogP contribution >= 0.6 is 11.8 Å². The summed E-state index contributed by atoms with van der Waals surface area (Å²) in [7, 11) is 0. The molecule has 0 saturated heterocycles. The summed E-state index contributed by atoms with van der Waals surface area (Å²) in [6, 6.07) is 18.8. The molecular formula is C23H19N5O3S. The van der Waals surface area contributed by atoms with Crippen LogP contribution in [0.2, 0.25) is 0 Å². The number of carbonyl (C=O) groups excluding carboxylic acids is 2. The summed E-state index contributed by atoms with van der Waals surface area (Å²) >= 11 is 1.43. The Morgan fingerprint density at radius 2 is 1.91 bits per heavy atom. The average molecular weight is 446 g/mol. The zero-order valence-corrected chi connectivity index (χ0v) is 17.6. The number of fused-ring (bicyclic) bond motifs is 1. The quantitative estimate of drug-likeness (QED) is 0.255. The number of hydrogen-bond donors (Lipinski definition) is 4. The molecule has 0 saturated carbocycles. The molecule has 2 aromatic heterocycles. The monoisotopic (exact) mass is 445 g/mol. The first-order chi connectivity index (χ1) is 15.6. The Morgan fingerprint density at radius 1 is 1.06 bits per heavy atom. The molecule has 32 heavy (non-hydrogen) atoms. The van der Waals surface area contributed by atoms with Crippen molar-refractivity contribution in [1.29, 1.82) is 0 Å². The lowest BCUT2D eigenvalue weighted by atomic mass is 10.2. The molecule has 0 aliphatic rings. The van der Waals surface area contributed by atoms with Crippen molar-refractivity contribution < 1.29 is 14.8 Å². The molecule has 4 rings (SSSR count). The Bertz CT molecular complexity index is 1290. The largest absolute Gasteiger partial charge is 0.343 e. The fourth-order valence-corrected chi connectivity index (χ4v) is 4.00. The molecule has 9 heteroatoms. The highest BCUT2D eigenvalue weighted by Crippen LogP contribution is 2.32. The van der Waals surface area contributed by atoms with E-state index in [0.29, 0.717) is 5.56 Å². The van der Waals surface area contributed by atoms with Crippen LogP contribution in [0.15, 0.2) is 76.7 Å². The summed E-state index contributed by atoms with van der Waals surface area (Å²) in [6.07, 6.45) is 5.56. The van der Waals surface area contributed by atoms with E-state index in [1.165, 1.54) is 17.2 Å². The maximum Gasteiger partial charge on any atom is 0.262 e. The molecule has 4 N–H and O–H groups in total. The lowest BCUT2D eigenvalue weighted by molar-refractivity contribution is -0.128. The number of nitrogens with zero attached hydrogens (tertiary/aromatic N) is 2. The SMILES string of the molecule is O=C(CNC(=O)c1ccccc1Sc1ccc2c(/C=C/c3ccccn3)n[nH]c2c1)NO. The van der Waals surface area contributed by atoms with Gasteiger partial charge in [-0.25, -0.2) is 5.48 Å². The third-order valence-electron chi connectivity index (χ3n) is 4.56. The Morgan fingerprint density at radius 3 is 2.72 bits per heavy atom. The Hall–Kier alpha value is -3.95. The van der Waals surface area contributed by atoms with E-state index in [2.05, 4.69) is 20.5 Å². The molecule has 8 nitrogen and oxygen atoms in total. The van der Waals surface area contributed by atoms with E-state index in [4.69, 9.17) is 5.21 Å². The number of hydroxylamine groups is 1. The summed E-state index contributed by atoms with van der Waals surface area (Å²) in [5, 5.41) is 19.5. The van der Waals surface area contributed by atoms with Crippen molar-refractivity contribution in [1.82, 2.24) is 26.0 Å². The number of H-pyrrole nitrogens is 1. The second-order valence-electron chi connectivity index (χ2n) is 6.72. The van der Waals surface area contributed by atoms with Crippen LogP contribution in [0.3, 0.4) is 0 Å². The summed E-state index contributed by atoms with van der Waals surface area (Å²) in [4.78, 5) is 29.6. The zero-order valence-electron chi connectivity index (χ0n) is 16.8. The summed E-state index contributed by atoms with van der Waals surface area (Å²) in [6.45, 7) is -0.316. The first-order valence-corrected chi connectivity index (χ1v) is 10.5. The van der Waals surface area contributed by atoms with Crippen molar-refractivity contribution >= 4 is 46.6 Å². The minimum atomic E-state index is -0.693. The van der Waals surface area contributed by atoms with E-state index < -0.39 is 11.8 Å². The van der Waals surface area contributed by atoms with Gasteiger partial charge in [-0.2, -0.15) is 5.10 Å². The van der Waals surface area contributed by atoms with Gasteiger partial charge in [0.25, 0.3) is 11.8 Å². The van der Waals surface area contributed by atoms with E-state index in [-0.39, 0.29) is 6.54 Å². The van der Waals surface area contributed by atoms with Gasteiger partial charge in [-0.05, 0) is 54.6 Å². The van der Waals surface area contributed by atoms with E-state index >= 15 is 0 Å². The highest BCUT2D eigenvalue weighted by atomic mass is 32.2. The Kier molecular flexibility index (Phi) is 6.59. The molecule has 0 aliphatic carbocycles. The summed E-state index contributed by atoms with van der Waals surface area (Å²) < 4.78 is 0. The number of pyridine rings is 1. The van der Waals surface area contributed by atoms with Crippen LogP contribution in [0, 0.1) is 0 Å². The molecule has 0 fully saturated rings. The molecule has 0 aliphatic heterocycles. The van der Waals surface area contributed by atoms with E-state index in [0.717, 1.165) is 32.1 Å². The van der Waals surface area contributed by atoms with Crippen LogP contribution < -0.4 is 10.8 Å². The van der Waals surface area contributed by atoms with Gasteiger partial charge in [0.15, 0.2) is 0 Å². The van der Waals surface area contributed by atoms with Crippen molar-refractivity contribution in [3.05, 3.63) is 83.8 Å². The zero-order chi connectivity index (χ0) is 22.3. The van der Waals surface area contributed by atoms with Gasteiger partial charge in [0.05, 0.1) is 29.0 Å². The van der Waals surface area contributed by atoms with Gasteiger partial charge in [0.2, 0.25) is 0 Å². The molecular weight excluding hydrogens is 426 g/mol. The number of hydrogen-bond acceptors (Lipinski definition) is 6. The second-order valence-corrected chi connectivity index (χ2v) is 7.84. The fraction of sp³-hybridized carbons (Fsp3) is 0.0435. The van der Waals surface area contributed by atoms with Crippen LogP contribution in [-0.4, -0.2) is 38.7 Å². The van der Waals surface area contributed by atoms with Crippen molar-refractivity contribution in [2.75, 3.05) is 6.54 Å². The number of nitrogens with one attached hydrogen (secondary N) is 3. The lowest BCUT2D eigenvalue weighted by Crippen LogP contribution is -2.35. The summed E-state index contributed by atoms with van der Waals surface area (Å²) in [5.41, 5.74) is 4.45. The second kappa shape index (κ2) is 9.90. The van der Waals surface area contributed by atoms with E-state index in [1.54, 1.807) is 18.3 Å². The molecule has 160 valence electrons. The van der Waals surface area contributed by atoms with Gasteiger partial charge in [-0.1, -0.05) is 30.0 Å². The molecule has 0 unspecified atom stereocenters. The predicted molar refractivity (Wildman–Crippen MR) is 122 cm³/mol. The van der Waals surface area contributed by atoms with Crippen molar-refractivity contribution in [3.63, 3.8) is 0 Å². The lowest BCUT2D eigenvalue weighted by Gasteiger charge is -2.09. The minimum Gasteiger partial charge on any atom is -0.343 e. The maximum absolute atomic E-state index is 12.5. The smallest absolute Gasteiger partial charge is 0.262 e. The Balaban J connectivity index is 1.53. The molecule has 2 heterocycles. The number of aromatic nitrogens is 3. The number of carbonyl (C=O) groups is 2. The van der Waals surface area contributed by atoms with Crippen LogP contribution in [-0.2, 0) is 4.79 Å². The first-order valence-electron chi connectivity index (χ1n) is 9.69. The van der Waals surface area contributed by atoms with Crippen LogP contribution in [0.5, 0.6) is 0 Å². The highest BCUT2D eigenvalue weighted by Gasteiger charge is 2.14. The van der Waals surface area contributed by atoms with Gasteiger partial charge in [0.1, 0.15) is 0 Å². The van der Waals surface area contributed by atoms with E-state index in [1.807, 2.05) is 60.7 Å². The molecule has 2 amide bonds. The van der Waals surface area contributed by atoms with Gasteiger partial charge in [-0.15, -0.1) is 0 Å². The topological polar surface area (TPSA) is 120 Å². The van der Waals surface area contributed by atoms with Crippen molar-refractivity contribution in [2.45, 2.75) is 9.79 Å².